The van der Waals surface area contributed by atoms with Gasteiger partial charge in [-0.15, -0.1) is 0 Å². The molecule has 0 radical (unpaired) electrons. The van der Waals surface area contributed by atoms with Gasteiger partial charge in [-0.25, -0.2) is 0 Å². The number of hydrogen-bond donors (Lipinski definition) is 2. The number of rotatable bonds is 6. The molecule has 0 saturated carbocycles. The summed E-state index contributed by atoms with van der Waals surface area (Å²) in [5, 5.41) is 5.95. The summed E-state index contributed by atoms with van der Waals surface area (Å²) in [5.41, 5.74) is 0. The lowest BCUT2D eigenvalue weighted by Gasteiger charge is -2.16. The molecule has 0 aromatic rings. The van der Waals surface area contributed by atoms with Crippen molar-refractivity contribution in [3.8, 4) is 0 Å². The van der Waals surface area contributed by atoms with Crippen LogP contribution in [-0.2, 0) is 9.53 Å². The fraction of sp³-hybridized carbons (Fsp3) is 0.909. The summed E-state index contributed by atoms with van der Waals surface area (Å²) in [5.74, 6) is 0.647. The lowest BCUT2D eigenvalue weighted by molar-refractivity contribution is -0.120. The number of carbonyl (C=O) groups excluding carboxylic acids is 1. The highest BCUT2D eigenvalue weighted by atomic mass is 16.5. The summed E-state index contributed by atoms with van der Waals surface area (Å²) in [6, 6.07) is 0. The van der Waals surface area contributed by atoms with Crippen LogP contribution in [0.1, 0.15) is 26.7 Å². The van der Waals surface area contributed by atoms with Crippen molar-refractivity contribution in [2.45, 2.75) is 32.8 Å². The van der Waals surface area contributed by atoms with Crippen molar-refractivity contribution in [3.63, 3.8) is 0 Å². The van der Waals surface area contributed by atoms with Crippen LogP contribution in [0, 0.1) is 5.92 Å². The van der Waals surface area contributed by atoms with Gasteiger partial charge in [-0.3, -0.25) is 4.79 Å². The van der Waals surface area contributed by atoms with E-state index in [1.807, 2.05) is 6.92 Å². The van der Waals surface area contributed by atoms with Crippen LogP contribution < -0.4 is 10.6 Å². The standard InChI is InChI=1S/C11H22N2O2/c1-3-10-9(5-6-15-10)7-12-8-11(14)13-4-2/h9-10,12H,3-8H2,1-2H3,(H,13,14). The number of carbonyl (C=O) groups is 1. The summed E-state index contributed by atoms with van der Waals surface area (Å²) in [7, 11) is 0. The molecule has 1 saturated heterocycles. The van der Waals surface area contributed by atoms with E-state index in [9.17, 15) is 4.79 Å². The Morgan fingerprint density at radius 2 is 2.27 bits per heavy atom. The minimum atomic E-state index is 0.0736. The molecule has 1 rings (SSSR count). The largest absolute Gasteiger partial charge is 0.378 e. The van der Waals surface area contributed by atoms with Gasteiger partial charge in [0.2, 0.25) is 5.91 Å². The maximum atomic E-state index is 11.2. The Hall–Kier alpha value is -0.610. The Morgan fingerprint density at radius 1 is 1.47 bits per heavy atom. The molecule has 1 aliphatic rings. The summed E-state index contributed by atoms with van der Waals surface area (Å²) >= 11 is 0. The second kappa shape index (κ2) is 6.80. The fourth-order valence-electron chi connectivity index (χ4n) is 2.01. The average molecular weight is 214 g/mol. The Balaban J connectivity index is 2.11. The molecule has 1 aliphatic heterocycles. The van der Waals surface area contributed by atoms with Crippen LogP contribution in [0.5, 0.6) is 0 Å². The second-order valence-electron chi connectivity index (χ2n) is 3.95. The smallest absolute Gasteiger partial charge is 0.233 e. The van der Waals surface area contributed by atoms with Gasteiger partial charge >= 0.3 is 0 Å². The minimum absolute atomic E-state index is 0.0736. The quantitative estimate of drug-likeness (QED) is 0.678. The van der Waals surface area contributed by atoms with Gasteiger partial charge in [-0.2, -0.15) is 0 Å². The highest BCUT2D eigenvalue weighted by Crippen LogP contribution is 2.22. The van der Waals surface area contributed by atoms with E-state index >= 15 is 0 Å². The third-order valence-corrected chi connectivity index (χ3v) is 2.81. The highest BCUT2D eigenvalue weighted by Gasteiger charge is 2.26. The predicted octanol–water partition coefficient (Wildman–Crippen LogP) is 0.527. The lowest BCUT2D eigenvalue weighted by atomic mass is 10.00. The summed E-state index contributed by atoms with van der Waals surface area (Å²) in [4.78, 5) is 11.2. The van der Waals surface area contributed by atoms with Gasteiger partial charge in [0.25, 0.3) is 0 Å². The number of amides is 1. The van der Waals surface area contributed by atoms with Crippen molar-refractivity contribution >= 4 is 5.91 Å². The Kier molecular flexibility index (Phi) is 5.65. The van der Waals surface area contributed by atoms with E-state index in [0.717, 1.165) is 26.0 Å². The molecule has 4 nitrogen and oxygen atoms in total. The van der Waals surface area contributed by atoms with E-state index in [-0.39, 0.29) is 5.91 Å². The fourth-order valence-corrected chi connectivity index (χ4v) is 2.01. The molecule has 0 aromatic heterocycles. The Bertz CT molecular complexity index is 197. The SMILES string of the molecule is CCNC(=O)CNCC1CCOC1CC. The molecule has 0 aromatic carbocycles. The van der Waals surface area contributed by atoms with E-state index < -0.39 is 0 Å². The van der Waals surface area contributed by atoms with Crippen molar-refractivity contribution < 1.29 is 9.53 Å². The van der Waals surface area contributed by atoms with Gasteiger partial charge in [0, 0.05) is 19.7 Å². The molecule has 2 N–H and O–H groups in total. The molecule has 88 valence electrons. The minimum Gasteiger partial charge on any atom is -0.378 e. The Labute approximate surface area is 91.8 Å². The van der Waals surface area contributed by atoms with Crippen LogP contribution in [0.25, 0.3) is 0 Å². The topological polar surface area (TPSA) is 50.4 Å². The zero-order valence-corrected chi connectivity index (χ0v) is 9.71. The molecule has 0 aliphatic carbocycles. The van der Waals surface area contributed by atoms with Crippen molar-refractivity contribution in [3.05, 3.63) is 0 Å². The maximum absolute atomic E-state index is 11.2. The first-order chi connectivity index (χ1) is 7.27. The van der Waals surface area contributed by atoms with Gasteiger partial charge in [-0.1, -0.05) is 6.92 Å². The van der Waals surface area contributed by atoms with E-state index in [2.05, 4.69) is 17.6 Å². The van der Waals surface area contributed by atoms with Gasteiger partial charge in [-0.05, 0) is 25.7 Å². The third-order valence-electron chi connectivity index (χ3n) is 2.81. The number of likely N-dealkylation sites (N-methyl/N-ethyl adjacent to an activating group) is 1. The van der Waals surface area contributed by atoms with Gasteiger partial charge in [0.15, 0.2) is 0 Å². The monoisotopic (exact) mass is 214 g/mol. The predicted molar refractivity (Wildman–Crippen MR) is 59.7 cm³/mol. The van der Waals surface area contributed by atoms with Crippen molar-refractivity contribution in [2.24, 2.45) is 5.92 Å². The molecule has 2 atom stereocenters. The molecular weight excluding hydrogens is 192 g/mol. The van der Waals surface area contributed by atoms with Crippen molar-refractivity contribution in [1.82, 2.24) is 10.6 Å². The van der Waals surface area contributed by atoms with Gasteiger partial charge < -0.3 is 15.4 Å². The van der Waals surface area contributed by atoms with Crippen molar-refractivity contribution in [2.75, 3.05) is 26.2 Å². The molecule has 0 spiro atoms. The highest BCUT2D eigenvalue weighted by molar-refractivity contribution is 5.77. The zero-order valence-electron chi connectivity index (χ0n) is 9.71. The van der Waals surface area contributed by atoms with E-state index in [0.29, 0.717) is 25.1 Å². The second-order valence-corrected chi connectivity index (χ2v) is 3.95. The maximum Gasteiger partial charge on any atom is 0.233 e. The molecule has 1 amide bonds. The first-order valence-corrected chi connectivity index (χ1v) is 5.87. The summed E-state index contributed by atoms with van der Waals surface area (Å²) in [6.45, 7) is 6.94. The number of nitrogens with one attached hydrogen (secondary N) is 2. The molecule has 2 unspecified atom stereocenters. The summed E-state index contributed by atoms with van der Waals surface area (Å²) < 4.78 is 5.58. The Morgan fingerprint density at radius 3 is 2.93 bits per heavy atom. The van der Waals surface area contributed by atoms with E-state index in [1.165, 1.54) is 0 Å². The first-order valence-electron chi connectivity index (χ1n) is 5.87. The van der Waals surface area contributed by atoms with Crippen LogP contribution in [-0.4, -0.2) is 38.3 Å². The third kappa shape index (κ3) is 4.18. The van der Waals surface area contributed by atoms with Crippen LogP contribution in [0.4, 0.5) is 0 Å². The normalized spacial score (nSPS) is 25.5. The number of ether oxygens (including phenoxy) is 1. The average Bonchev–Trinajstić information content (AvgIpc) is 2.66. The molecule has 1 heterocycles. The molecule has 15 heavy (non-hydrogen) atoms. The van der Waals surface area contributed by atoms with Crippen LogP contribution in [0.2, 0.25) is 0 Å². The molecule has 1 fully saturated rings. The molecule has 4 heteroatoms. The first kappa shape index (κ1) is 12.5. The number of hydrogen-bond acceptors (Lipinski definition) is 3. The van der Waals surface area contributed by atoms with Crippen LogP contribution in [0.3, 0.4) is 0 Å². The summed E-state index contributed by atoms with van der Waals surface area (Å²) in [6.07, 6.45) is 2.56. The molecular formula is C11H22N2O2. The van der Waals surface area contributed by atoms with Gasteiger partial charge in [0.05, 0.1) is 12.6 Å². The van der Waals surface area contributed by atoms with Crippen LogP contribution in [0.15, 0.2) is 0 Å². The zero-order chi connectivity index (χ0) is 11.1. The van der Waals surface area contributed by atoms with E-state index in [1.54, 1.807) is 0 Å². The molecule has 0 bridgehead atoms. The van der Waals surface area contributed by atoms with E-state index in [4.69, 9.17) is 4.74 Å². The van der Waals surface area contributed by atoms with Crippen LogP contribution >= 0.6 is 0 Å². The lowest BCUT2D eigenvalue weighted by Crippen LogP contribution is -2.37. The van der Waals surface area contributed by atoms with Gasteiger partial charge in [0.1, 0.15) is 0 Å². The van der Waals surface area contributed by atoms with Crippen molar-refractivity contribution in [1.29, 1.82) is 0 Å².